The van der Waals surface area contributed by atoms with Crippen LogP contribution in [0.4, 0.5) is 5.82 Å². The zero-order chi connectivity index (χ0) is 23.6. The third-order valence-electron chi connectivity index (χ3n) is 6.32. The van der Waals surface area contributed by atoms with E-state index in [9.17, 15) is 4.79 Å². The number of nitrogens with zero attached hydrogens (tertiary/aromatic N) is 1. The fourth-order valence-electron chi connectivity index (χ4n) is 4.42. The van der Waals surface area contributed by atoms with Crippen molar-refractivity contribution in [2.24, 2.45) is 5.92 Å². The van der Waals surface area contributed by atoms with E-state index in [0.717, 1.165) is 24.2 Å². The van der Waals surface area contributed by atoms with Gasteiger partial charge < -0.3 is 10.5 Å². The molecule has 1 heterocycles. The van der Waals surface area contributed by atoms with Gasteiger partial charge in [-0.1, -0.05) is 57.7 Å². The van der Waals surface area contributed by atoms with Crippen LogP contribution in [0, 0.1) is 5.92 Å². The van der Waals surface area contributed by atoms with Crippen LogP contribution in [0.5, 0.6) is 11.5 Å². The lowest BCUT2D eigenvalue weighted by Crippen LogP contribution is -2.24. The molecule has 0 saturated carbocycles. The number of anilines is 1. The zero-order valence-corrected chi connectivity index (χ0v) is 19.7. The molecule has 3 aromatic rings. The second kappa shape index (κ2) is 9.22. The van der Waals surface area contributed by atoms with Crippen LogP contribution in [0.3, 0.4) is 0 Å². The molecule has 4 nitrogen and oxygen atoms in total. The van der Waals surface area contributed by atoms with Crippen LogP contribution in [0.2, 0.25) is 0 Å². The highest BCUT2D eigenvalue weighted by Crippen LogP contribution is 2.32. The molecule has 4 rings (SSSR count). The number of aromatic nitrogens is 1. The fraction of sp³-hybridized carbons (Fsp3) is 0.310. The molecule has 0 saturated heterocycles. The number of carbonyl (C=O) groups excluding carboxylic acids is 1. The van der Waals surface area contributed by atoms with Gasteiger partial charge >= 0.3 is 0 Å². The number of nitrogens with two attached hydrogens (primary N) is 1. The van der Waals surface area contributed by atoms with E-state index in [-0.39, 0.29) is 17.1 Å². The Bertz CT molecular complexity index is 1190. The highest BCUT2D eigenvalue weighted by molar-refractivity contribution is 5.97. The Morgan fingerprint density at radius 3 is 2.64 bits per heavy atom. The Labute approximate surface area is 196 Å². The van der Waals surface area contributed by atoms with Gasteiger partial charge in [0.1, 0.15) is 17.3 Å². The Hall–Kier alpha value is -3.40. The van der Waals surface area contributed by atoms with E-state index in [4.69, 9.17) is 10.5 Å². The van der Waals surface area contributed by atoms with Crippen LogP contribution in [0.25, 0.3) is 0 Å². The summed E-state index contributed by atoms with van der Waals surface area (Å²) in [5.41, 5.74) is 11.4. The van der Waals surface area contributed by atoms with Crippen LogP contribution in [-0.4, -0.2) is 10.8 Å². The van der Waals surface area contributed by atoms with Gasteiger partial charge in [0.05, 0.1) is 0 Å². The van der Waals surface area contributed by atoms with Crippen molar-refractivity contribution in [1.82, 2.24) is 4.98 Å². The molecule has 0 fully saturated rings. The molecule has 1 aliphatic carbocycles. The van der Waals surface area contributed by atoms with Crippen molar-refractivity contribution >= 4 is 11.6 Å². The summed E-state index contributed by atoms with van der Waals surface area (Å²) in [5, 5.41) is 0. The molecular weight excluding hydrogens is 408 g/mol. The Balaban J connectivity index is 1.44. The number of hydrogen-bond acceptors (Lipinski definition) is 4. The quantitative estimate of drug-likeness (QED) is 0.462. The second-order valence-corrected chi connectivity index (χ2v) is 9.98. The summed E-state index contributed by atoms with van der Waals surface area (Å²) < 4.78 is 5.96. The molecule has 1 aliphatic rings. The molecule has 170 valence electrons. The van der Waals surface area contributed by atoms with E-state index in [1.54, 1.807) is 18.3 Å². The minimum absolute atomic E-state index is 0.0392. The number of nitrogen functional groups attached to an aromatic ring is 1. The van der Waals surface area contributed by atoms with Crippen LogP contribution in [0.1, 0.15) is 49.4 Å². The summed E-state index contributed by atoms with van der Waals surface area (Å²) in [4.78, 5) is 17.3. The lowest BCUT2D eigenvalue weighted by Gasteiger charge is -2.25. The van der Waals surface area contributed by atoms with Crippen LogP contribution in [0.15, 0.2) is 72.9 Å². The van der Waals surface area contributed by atoms with E-state index in [2.05, 4.69) is 62.7 Å². The molecule has 2 aromatic carbocycles. The molecular formula is C29H32N2O2. The van der Waals surface area contributed by atoms with Crippen molar-refractivity contribution in [1.29, 1.82) is 0 Å². The van der Waals surface area contributed by atoms with Crippen molar-refractivity contribution in [3.8, 4) is 11.5 Å². The Kier molecular flexibility index (Phi) is 6.37. The van der Waals surface area contributed by atoms with Gasteiger partial charge in [0.15, 0.2) is 5.78 Å². The van der Waals surface area contributed by atoms with Crippen molar-refractivity contribution < 1.29 is 9.53 Å². The van der Waals surface area contributed by atoms with Gasteiger partial charge in [-0.15, -0.1) is 0 Å². The largest absolute Gasteiger partial charge is 0.457 e. The van der Waals surface area contributed by atoms with Crippen molar-refractivity contribution in [2.45, 2.75) is 51.9 Å². The lowest BCUT2D eigenvalue weighted by atomic mass is 9.79. The average Bonchev–Trinajstić information content (AvgIpc) is 2.77. The molecule has 33 heavy (non-hydrogen) atoms. The first-order valence-electron chi connectivity index (χ1n) is 11.5. The molecule has 0 radical (unpaired) electrons. The zero-order valence-electron chi connectivity index (χ0n) is 19.7. The first kappa shape index (κ1) is 22.8. The summed E-state index contributed by atoms with van der Waals surface area (Å²) in [5.74, 6) is 1.95. The number of aryl methyl sites for hydroxylation is 1. The number of benzene rings is 2. The maximum absolute atomic E-state index is 13.3. The van der Waals surface area contributed by atoms with E-state index >= 15 is 0 Å². The number of hydrogen-bond donors (Lipinski definition) is 1. The third kappa shape index (κ3) is 5.51. The summed E-state index contributed by atoms with van der Waals surface area (Å²) in [6.45, 7) is 10.8. The normalized spacial score (nSPS) is 15.5. The van der Waals surface area contributed by atoms with Gasteiger partial charge in [0.2, 0.25) is 0 Å². The van der Waals surface area contributed by atoms with Crippen molar-refractivity contribution in [3.05, 3.63) is 95.2 Å². The third-order valence-corrected chi connectivity index (χ3v) is 6.32. The molecule has 0 amide bonds. The smallest absolute Gasteiger partial charge is 0.162 e. The second-order valence-electron chi connectivity index (χ2n) is 9.98. The monoisotopic (exact) mass is 440 g/mol. The fourth-order valence-corrected chi connectivity index (χ4v) is 4.42. The molecule has 0 spiro atoms. The number of Topliss-reactive ketones (excluding diaryl/α,β-unsaturated/α-hetero) is 1. The average molecular weight is 441 g/mol. The molecule has 1 aromatic heterocycles. The van der Waals surface area contributed by atoms with E-state index in [1.165, 1.54) is 16.7 Å². The summed E-state index contributed by atoms with van der Waals surface area (Å²) in [6, 6.07) is 18.1. The number of ether oxygens (including phenoxy) is 1. The molecule has 1 unspecified atom stereocenters. The van der Waals surface area contributed by atoms with E-state index in [1.807, 2.05) is 12.1 Å². The highest BCUT2D eigenvalue weighted by atomic mass is 16.5. The lowest BCUT2D eigenvalue weighted by molar-refractivity contribution is -0.119. The Morgan fingerprint density at radius 2 is 1.88 bits per heavy atom. The molecule has 2 N–H and O–H groups in total. The number of allylic oxidation sites excluding steroid dienone is 1. The van der Waals surface area contributed by atoms with Crippen molar-refractivity contribution in [3.63, 3.8) is 0 Å². The molecule has 4 heteroatoms. The summed E-state index contributed by atoms with van der Waals surface area (Å²) >= 11 is 0. The van der Waals surface area contributed by atoms with E-state index < -0.39 is 0 Å². The first-order valence-corrected chi connectivity index (χ1v) is 11.5. The number of rotatable bonds is 6. The van der Waals surface area contributed by atoms with Gasteiger partial charge in [-0.3, -0.25) is 4.79 Å². The SMILES string of the molecule is C=C(Cc1cccc(C(C)(C)C)c1)C(=O)C1CCc2ccc(Oc3ccnc(N)c3)cc2C1. The molecule has 0 aliphatic heterocycles. The maximum Gasteiger partial charge on any atom is 0.162 e. The summed E-state index contributed by atoms with van der Waals surface area (Å²) in [7, 11) is 0. The van der Waals surface area contributed by atoms with Crippen molar-refractivity contribution in [2.75, 3.05) is 5.73 Å². The summed E-state index contributed by atoms with van der Waals surface area (Å²) in [6.07, 6.45) is 4.68. The molecule has 0 bridgehead atoms. The van der Waals surface area contributed by atoms with Crippen LogP contribution in [-0.2, 0) is 29.5 Å². The Morgan fingerprint density at radius 1 is 1.09 bits per heavy atom. The van der Waals surface area contributed by atoms with Gasteiger partial charge in [0.25, 0.3) is 0 Å². The predicted octanol–water partition coefficient (Wildman–Crippen LogP) is 6.23. The topological polar surface area (TPSA) is 65.2 Å². The number of fused-ring (bicyclic) bond motifs is 1. The highest BCUT2D eigenvalue weighted by Gasteiger charge is 2.27. The van der Waals surface area contributed by atoms with Crippen LogP contribution >= 0.6 is 0 Å². The standard InChI is InChI=1S/C29H32N2O2/c1-19(14-20-6-5-7-24(15-20)29(2,3)4)28(32)22-9-8-21-10-11-25(17-23(21)16-22)33-26-12-13-31-27(30)18-26/h5-7,10-13,15,17-18,22H,1,8-9,14,16H2,2-4H3,(H2,30,31). The van der Waals surface area contributed by atoms with Gasteiger partial charge in [-0.2, -0.15) is 0 Å². The first-order chi connectivity index (χ1) is 15.7. The van der Waals surface area contributed by atoms with Gasteiger partial charge in [0, 0.05) is 24.6 Å². The number of ketones is 1. The molecule has 1 atom stereocenters. The predicted molar refractivity (Wildman–Crippen MR) is 134 cm³/mol. The minimum Gasteiger partial charge on any atom is -0.457 e. The number of pyridine rings is 1. The minimum atomic E-state index is -0.0392. The van der Waals surface area contributed by atoms with E-state index in [0.29, 0.717) is 30.0 Å². The van der Waals surface area contributed by atoms with Gasteiger partial charge in [-0.25, -0.2) is 4.98 Å². The van der Waals surface area contributed by atoms with Crippen LogP contribution < -0.4 is 10.5 Å². The number of carbonyl (C=O) groups is 1. The van der Waals surface area contributed by atoms with Gasteiger partial charge in [-0.05, 0) is 70.7 Å². The maximum atomic E-state index is 13.3.